The van der Waals surface area contributed by atoms with Gasteiger partial charge in [-0.2, -0.15) is 5.10 Å². The summed E-state index contributed by atoms with van der Waals surface area (Å²) in [4.78, 5) is 0. The first kappa shape index (κ1) is 14.7. The minimum atomic E-state index is -0.981. The molecular weight excluding hydrogens is 256 g/mol. The van der Waals surface area contributed by atoms with Crippen molar-refractivity contribution in [3.05, 3.63) is 41.1 Å². The van der Waals surface area contributed by atoms with E-state index in [0.717, 1.165) is 22.4 Å². The molecule has 1 heterocycles. The number of hydrogen-bond donors (Lipinski definition) is 5. The maximum absolute atomic E-state index is 9.44. The Bertz CT molecular complexity index is 561. The third-order valence-electron chi connectivity index (χ3n) is 3.10. The van der Waals surface area contributed by atoms with E-state index < -0.39 is 12.5 Å². The second-order valence-electron chi connectivity index (χ2n) is 4.94. The van der Waals surface area contributed by atoms with E-state index in [0.29, 0.717) is 5.69 Å². The minimum absolute atomic E-state index is 0.237. The van der Waals surface area contributed by atoms with Crippen LogP contribution in [0.15, 0.2) is 24.3 Å². The number of aliphatic hydroxyl groups is 2. The van der Waals surface area contributed by atoms with Gasteiger partial charge < -0.3 is 21.7 Å². The second kappa shape index (κ2) is 6.15. The molecule has 0 saturated heterocycles. The second-order valence-corrected chi connectivity index (χ2v) is 4.94. The van der Waals surface area contributed by atoms with Gasteiger partial charge in [-0.05, 0) is 6.92 Å². The van der Waals surface area contributed by atoms with Crippen LogP contribution >= 0.6 is 0 Å². The van der Waals surface area contributed by atoms with Crippen molar-refractivity contribution >= 4 is 0 Å². The van der Waals surface area contributed by atoms with Crippen LogP contribution in [0, 0.1) is 6.92 Å². The first-order chi connectivity index (χ1) is 9.47. The number of aryl methyl sites for hydroxylation is 1. The maximum atomic E-state index is 9.44. The molecule has 2 unspecified atom stereocenters. The molecule has 6 nitrogen and oxygen atoms in total. The number of rotatable bonds is 5. The lowest BCUT2D eigenvalue weighted by Gasteiger charge is -2.09. The molecule has 108 valence electrons. The predicted octanol–water partition coefficient (Wildman–Crippen LogP) is 0.0243. The Morgan fingerprint density at radius 3 is 2.25 bits per heavy atom. The van der Waals surface area contributed by atoms with Crippen LogP contribution in [0.4, 0.5) is 0 Å². The maximum Gasteiger partial charge on any atom is 0.108 e. The summed E-state index contributed by atoms with van der Waals surface area (Å²) in [5.74, 6) is 0. The number of nitrogens with zero attached hydrogens (tertiary/aromatic N) is 1. The lowest BCUT2D eigenvalue weighted by Crippen LogP contribution is -2.25. The molecule has 0 aliphatic heterocycles. The third kappa shape index (κ3) is 3.43. The van der Waals surface area contributed by atoms with Crippen LogP contribution in [0.3, 0.4) is 0 Å². The van der Waals surface area contributed by atoms with E-state index in [-0.39, 0.29) is 12.8 Å². The highest BCUT2D eigenvalue weighted by atomic mass is 16.3. The summed E-state index contributed by atoms with van der Waals surface area (Å²) in [6, 6.07) is 7.90. The molecule has 6 heteroatoms. The van der Waals surface area contributed by atoms with E-state index >= 15 is 0 Å². The molecule has 2 atom stereocenters. The molecule has 0 saturated carbocycles. The van der Waals surface area contributed by atoms with E-state index in [1.165, 1.54) is 0 Å². The smallest absolute Gasteiger partial charge is 0.108 e. The Morgan fingerprint density at radius 1 is 1.10 bits per heavy atom. The average Bonchev–Trinajstić information content (AvgIpc) is 2.72. The zero-order valence-corrected chi connectivity index (χ0v) is 11.4. The fourth-order valence-electron chi connectivity index (χ4n) is 2.16. The van der Waals surface area contributed by atoms with Gasteiger partial charge in [0.05, 0.1) is 5.69 Å². The Kier molecular flexibility index (Phi) is 4.51. The molecule has 20 heavy (non-hydrogen) atoms. The van der Waals surface area contributed by atoms with Gasteiger partial charge in [-0.15, -0.1) is 0 Å². The zero-order valence-electron chi connectivity index (χ0n) is 11.4. The number of aromatic amines is 1. The van der Waals surface area contributed by atoms with Crippen molar-refractivity contribution in [1.29, 1.82) is 0 Å². The third-order valence-corrected chi connectivity index (χ3v) is 3.10. The number of hydrogen-bond acceptors (Lipinski definition) is 5. The van der Waals surface area contributed by atoms with Gasteiger partial charge >= 0.3 is 0 Å². The van der Waals surface area contributed by atoms with E-state index in [2.05, 4.69) is 10.2 Å². The van der Waals surface area contributed by atoms with Gasteiger partial charge in [0.15, 0.2) is 0 Å². The van der Waals surface area contributed by atoms with Crippen molar-refractivity contribution in [2.75, 3.05) is 0 Å². The summed E-state index contributed by atoms with van der Waals surface area (Å²) in [5, 5.41) is 25.9. The molecule has 2 aromatic rings. The van der Waals surface area contributed by atoms with Crippen molar-refractivity contribution in [2.24, 2.45) is 11.5 Å². The van der Waals surface area contributed by atoms with E-state index in [9.17, 15) is 10.2 Å². The Balaban J connectivity index is 2.41. The summed E-state index contributed by atoms with van der Waals surface area (Å²) >= 11 is 0. The molecule has 1 aromatic carbocycles. The van der Waals surface area contributed by atoms with Crippen LogP contribution < -0.4 is 11.5 Å². The number of H-pyrrole nitrogens is 1. The summed E-state index contributed by atoms with van der Waals surface area (Å²) in [6.07, 6.45) is -1.47. The molecular formula is C14H20N4O2. The summed E-state index contributed by atoms with van der Waals surface area (Å²) in [5.41, 5.74) is 15.2. The lowest BCUT2D eigenvalue weighted by molar-refractivity contribution is 0.175. The molecule has 0 aliphatic carbocycles. The average molecular weight is 276 g/mol. The molecule has 0 fully saturated rings. The topological polar surface area (TPSA) is 121 Å². The summed E-state index contributed by atoms with van der Waals surface area (Å²) in [6.45, 7) is 2.01. The van der Waals surface area contributed by atoms with Gasteiger partial charge in [0, 0.05) is 29.7 Å². The summed E-state index contributed by atoms with van der Waals surface area (Å²) < 4.78 is 0. The SMILES string of the molecule is Cc1ccc(-c2n[nH]c(CC(N)O)c2CC(N)O)cc1. The van der Waals surface area contributed by atoms with E-state index in [4.69, 9.17) is 11.5 Å². The molecule has 0 bridgehead atoms. The van der Waals surface area contributed by atoms with Crippen LogP contribution in [-0.4, -0.2) is 32.9 Å². The van der Waals surface area contributed by atoms with Crippen molar-refractivity contribution in [1.82, 2.24) is 10.2 Å². The van der Waals surface area contributed by atoms with Crippen LogP contribution in [0.25, 0.3) is 11.3 Å². The Labute approximate surface area is 117 Å². The van der Waals surface area contributed by atoms with Gasteiger partial charge in [-0.25, -0.2) is 0 Å². The molecule has 0 aliphatic rings. The van der Waals surface area contributed by atoms with E-state index in [1.807, 2.05) is 31.2 Å². The molecule has 0 amide bonds. The monoisotopic (exact) mass is 276 g/mol. The van der Waals surface area contributed by atoms with Crippen molar-refractivity contribution in [2.45, 2.75) is 32.2 Å². The quantitative estimate of drug-likeness (QED) is 0.493. The normalized spacial score (nSPS) is 14.2. The fraction of sp³-hybridized carbons (Fsp3) is 0.357. The van der Waals surface area contributed by atoms with Crippen molar-refractivity contribution in [3.63, 3.8) is 0 Å². The highest BCUT2D eigenvalue weighted by molar-refractivity contribution is 5.64. The highest BCUT2D eigenvalue weighted by Gasteiger charge is 2.17. The Hall–Kier alpha value is -1.73. The van der Waals surface area contributed by atoms with Crippen LogP contribution in [0.2, 0.25) is 0 Å². The van der Waals surface area contributed by atoms with Crippen molar-refractivity contribution < 1.29 is 10.2 Å². The van der Waals surface area contributed by atoms with Gasteiger partial charge in [-0.1, -0.05) is 29.8 Å². The van der Waals surface area contributed by atoms with Gasteiger partial charge in [0.2, 0.25) is 0 Å². The summed E-state index contributed by atoms with van der Waals surface area (Å²) in [7, 11) is 0. The lowest BCUT2D eigenvalue weighted by atomic mass is 10.0. The predicted molar refractivity (Wildman–Crippen MR) is 76.6 cm³/mol. The van der Waals surface area contributed by atoms with E-state index in [1.54, 1.807) is 0 Å². The minimum Gasteiger partial charge on any atom is -0.378 e. The molecule has 0 spiro atoms. The van der Waals surface area contributed by atoms with Crippen molar-refractivity contribution in [3.8, 4) is 11.3 Å². The van der Waals surface area contributed by atoms with Gasteiger partial charge in [-0.3, -0.25) is 5.10 Å². The fourth-order valence-corrected chi connectivity index (χ4v) is 2.16. The number of nitrogens with one attached hydrogen (secondary N) is 1. The van der Waals surface area contributed by atoms with Crippen LogP contribution in [-0.2, 0) is 12.8 Å². The van der Waals surface area contributed by atoms with Crippen LogP contribution in [0.1, 0.15) is 16.8 Å². The van der Waals surface area contributed by atoms with Gasteiger partial charge in [0.25, 0.3) is 0 Å². The van der Waals surface area contributed by atoms with Crippen LogP contribution in [0.5, 0.6) is 0 Å². The number of benzene rings is 1. The highest BCUT2D eigenvalue weighted by Crippen LogP contribution is 2.25. The largest absolute Gasteiger partial charge is 0.378 e. The number of aromatic nitrogens is 2. The van der Waals surface area contributed by atoms with Gasteiger partial charge in [0.1, 0.15) is 12.5 Å². The number of aliphatic hydroxyl groups excluding tert-OH is 2. The standard InChI is InChI=1S/C14H20N4O2/c1-8-2-4-9(5-3-8)14-10(6-12(15)19)11(17-18-14)7-13(16)20/h2-5,12-13,19-20H,6-7,15-16H2,1H3,(H,17,18). The molecule has 7 N–H and O–H groups in total. The molecule has 0 radical (unpaired) electrons. The molecule has 1 aromatic heterocycles. The zero-order chi connectivity index (χ0) is 14.7. The molecule has 2 rings (SSSR count). The number of nitrogens with two attached hydrogens (primary N) is 2. The Morgan fingerprint density at radius 2 is 1.70 bits per heavy atom. The first-order valence-electron chi connectivity index (χ1n) is 6.48. The first-order valence-corrected chi connectivity index (χ1v) is 6.48.